The first-order chi connectivity index (χ1) is 10.0. The van der Waals surface area contributed by atoms with Crippen molar-refractivity contribution in [3.8, 4) is 0 Å². The summed E-state index contributed by atoms with van der Waals surface area (Å²) in [7, 11) is 0. The Labute approximate surface area is 128 Å². The van der Waals surface area contributed by atoms with Crippen LogP contribution in [-0.2, 0) is 6.54 Å². The Hall–Kier alpha value is -1.61. The fraction of sp³-hybridized carbons (Fsp3) is 0.500. The van der Waals surface area contributed by atoms with Crippen LogP contribution in [0.25, 0.3) is 0 Å². The van der Waals surface area contributed by atoms with Gasteiger partial charge >= 0.3 is 0 Å². The second-order valence-electron chi connectivity index (χ2n) is 6.00. The molecule has 0 aliphatic heterocycles. The van der Waals surface area contributed by atoms with E-state index in [-0.39, 0.29) is 0 Å². The van der Waals surface area contributed by atoms with Crippen LogP contribution in [0.1, 0.15) is 47.3 Å². The highest BCUT2D eigenvalue weighted by molar-refractivity contribution is 5.39. The molecule has 0 spiro atoms. The lowest BCUT2D eigenvalue weighted by Crippen LogP contribution is -2.28. The lowest BCUT2D eigenvalue weighted by atomic mass is 9.94. The van der Waals surface area contributed by atoms with E-state index < -0.39 is 0 Å². The second kappa shape index (κ2) is 6.90. The molecular formula is C18H27N3. The zero-order valence-electron chi connectivity index (χ0n) is 13.9. The third-order valence-electron chi connectivity index (χ3n) is 3.87. The predicted molar refractivity (Wildman–Crippen MR) is 88.7 cm³/mol. The van der Waals surface area contributed by atoms with Gasteiger partial charge in [0.2, 0.25) is 0 Å². The number of aromatic nitrogens is 2. The van der Waals surface area contributed by atoms with Gasteiger partial charge in [-0.1, -0.05) is 24.6 Å². The van der Waals surface area contributed by atoms with E-state index >= 15 is 0 Å². The highest BCUT2D eigenvalue weighted by Gasteiger charge is 2.17. The highest BCUT2D eigenvalue weighted by Crippen LogP contribution is 2.25. The summed E-state index contributed by atoms with van der Waals surface area (Å²) in [6.45, 7) is 12.7. The molecule has 3 heteroatoms. The number of aryl methyl sites for hydroxylation is 4. The van der Waals surface area contributed by atoms with Gasteiger partial charge < -0.3 is 5.32 Å². The molecule has 1 unspecified atom stereocenters. The maximum absolute atomic E-state index is 4.54. The molecule has 2 rings (SSSR count). The number of rotatable bonds is 6. The Bertz CT molecular complexity index is 575. The van der Waals surface area contributed by atoms with E-state index in [0.29, 0.717) is 6.04 Å². The van der Waals surface area contributed by atoms with Crippen molar-refractivity contribution >= 4 is 0 Å². The molecule has 0 amide bonds. The monoisotopic (exact) mass is 285 g/mol. The minimum atomic E-state index is 0.310. The summed E-state index contributed by atoms with van der Waals surface area (Å²) in [5.74, 6) is 0. The number of nitrogens with zero attached hydrogens (tertiary/aromatic N) is 2. The Kier molecular flexibility index (Phi) is 5.18. The van der Waals surface area contributed by atoms with Crippen molar-refractivity contribution in [1.29, 1.82) is 0 Å². The van der Waals surface area contributed by atoms with E-state index in [1.165, 1.54) is 22.3 Å². The van der Waals surface area contributed by atoms with Gasteiger partial charge in [0.1, 0.15) is 0 Å². The van der Waals surface area contributed by atoms with E-state index in [0.717, 1.165) is 25.2 Å². The lowest BCUT2D eigenvalue weighted by Gasteiger charge is -2.23. The summed E-state index contributed by atoms with van der Waals surface area (Å²) in [5, 5.41) is 8.22. The van der Waals surface area contributed by atoms with Crippen molar-refractivity contribution in [2.24, 2.45) is 0 Å². The molecule has 3 nitrogen and oxygen atoms in total. The van der Waals surface area contributed by atoms with Crippen molar-refractivity contribution in [2.75, 3.05) is 6.54 Å². The topological polar surface area (TPSA) is 29.9 Å². The molecule has 0 fully saturated rings. The van der Waals surface area contributed by atoms with E-state index in [1.54, 1.807) is 0 Å². The fourth-order valence-electron chi connectivity index (χ4n) is 3.07. The molecule has 21 heavy (non-hydrogen) atoms. The maximum Gasteiger partial charge on any atom is 0.0604 e. The fourth-order valence-corrected chi connectivity index (χ4v) is 3.07. The van der Waals surface area contributed by atoms with Crippen molar-refractivity contribution in [2.45, 2.75) is 53.6 Å². The van der Waals surface area contributed by atoms with Crippen LogP contribution in [0.2, 0.25) is 0 Å². The smallest absolute Gasteiger partial charge is 0.0604 e. The first-order valence-corrected chi connectivity index (χ1v) is 7.82. The molecule has 1 heterocycles. The van der Waals surface area contributed by atoms with Gasteiger partial charge in [-0.05, 0) is 63.4 Å². The summed E-state index contributed by atoms with van der Waals surface area (Å²) in [6, 6.07) is 6.92. The molecule has 0 saturated carbocycles. The Balaban J connectivity index is 2.31. The first-order valence-electron chi connectivity index (χ1n) is 7.82. The molecule has 1 aromatic heterocycles. The molecule has 0 aliphatic carbocycles. The highest BCUT2D eigenvalue weighted by atomic mass is 15.3. The van der Waals surface area contributed by atoms with Gasteiger partial charge in [-0.25, -0.2) is 0 Å². The summed E-state index contributed by atoms with van der Waals surface area (Å²) in [6.07, 6.45) is 3.20. The number of hydrogen-bond donors (Lipinski definition) is 1. The Morgan fingerprint density at radius 1 is 1.14 bits per heavy atom. The molecule has 2 aromatic rings. The molecule has 1 aromatic carbocycles. The molecule has 0 saturated heterocycles. The van der Waals surface area contributed by atoms with Crippen LogP contribution in [0, 0.1) is 27.7 Å². The predicted octanol–water partition coefficient (Wildman–Crippen LogP) is 3.86. The lowest BCUT2D eigenvalue weighted by molar-refractivity contribution is 0.435. The standard InChI is InChI=1S/C18H27N3/c1-6-8-19-17(12-21-9-7-16(5)20-21)18-14(3)10-13(2)11-15(18)4/h7,9-11,17,19H,6,8,12H2,1-5H3. The normalized spacial score (nSPS) is 12.6. The third-order valence-corrected chi connectivity index (χ3v) is 3.87. The Morgan fingerprint density at radius 3 is 2.33 bits per heavy atom. The summed E-state index contributed by atoms with van der Waals surface area (Å²) in [5.41, 5.74) is 6.55. The van der Waals surface area contributed by atoms with Crippen LogP contribution in [-0.4, -0.2) is 16.3 Å². The van der Waals surface area contributed by atoms with Gasteiger partial charge in [0, 0.05) is 6.20 Å². The maximum atomic E-state index is 4.54. The van der Waals surface area contributed by atoms with Crippen molar-refractivity contribution < 1.29 is 0 Å². The van der Waals surface area contributed by atoms with Crippen molar-refractivity contribution in [3.63, 3.8) is 0 Å². The van der Waals surface area contributed by atoms with Crippen LogP contribution in [0.5, 0.6) is 0 Å². The molecule has 114 valence electrons. The average Bonchev–Trinajstić information content (AvgIpc) is 2.80. The SMILES string of the molecule is CCCNC(Cn1ccc(C)n1)c1c(C)cc(C)cc1C. The van der Waals surface area contributed by atoms with Gasteiger partial charge in [-0.2, -0.15) is 5.10 Å². The summed E-state index contributed by atoms with van der Waals surface area (Å²) >= 11 is 0. The van der Waals surface area contributed by atoms with Crippen molar-refractivity contribution in [1.82, 2.24) is 15.1 Å². The number of benzene rings is 1. The third kappa shape index (κ3) is 3.94. The largest absolute Gasteiger partial charge is 0.308 e. The van der Waals surface area contributed by atoms with E-state index in [9.17, 15) is 0 Å². The van der Waals surface area contributed by atoms with Gasteiger partial charge in [-0.15, -0.1) is 0 Å². The molecule has 0 bridgehead atoms. The van der Waals surface area contributed by atoms with Gasteiger partial charge in [-0.3, -0.25) is 4.68 Å². The quantitative estimate of drug-likeness (QED) is 0.873. The van der Waals surface area contributed by atoms with E-state index in [1.807, 2.05) is 11.6 Å². The summed E-state index contributed by atoms with van der Waals surface area (Å²) < 4.78 is 2.04. The van der Waals surface area contributed by atoms with Crippen LogP contribution in [0.3, 0.4) is 0 Å². The van der Waals surface area contributed by atoms with E-state index in [4.69, 9.17) is 0 Å². The van der Waals surface area contributed by atoms with Gasteiger partial charge in [0.05, 0.1) is 18.3 Å². The van der Waals surface area contributed by atoms with Gasteiger partial charge in [0.15, 0.2) is 0 Å². The number of hydrogen-bond acceptors (Lipinski definition) is 2. The Morgan fingerprint density at radius 2 is 1.81 bits per heavy atom. The minimum absolute atomic E-state index is 0.310. The summed E-state index contributed by atoms with van der Waals surface area (Å²) in [4.78, 5) is 0. The first kappa shape index (κ1) is 15.8. The molecule has 0 aliphatic rings. The zero-order valence-corrected chi connectivity index (χ0v) is 13.9. The molecule has 1 atom stereocenters. The van der Waals surface area contributed by atoms with Crippen LogP contribution in [0.15, 0.2) is 24.4 Å². The van der Waals surface area contributed by atoms with Crippen molar-refractivity contribution in [3.05, 3.63) is 52.3 Å². The van der Waals surface area contributed by atoms with Crippen LogP contribution < -0.4 is 5.32 Å². The van der Waals surface area contributed by atoms with Crippen LogP contribution >= 0.6 is 0 Å². The average molecular weight is 285 g/mol. The molecular weight excluding hydrogens is 258 g/mol. The minimum Gasteiger partial charge on any atom is -0.308 e. The van der Waals surface area contributed by atoms with E-state index in [2.05, 4.69) is 62.5 Å². The second-order valence-corrected chi connectivity index (χ2v) is 6.00. The molecule has 0 radical (unpaired) electrons. The molecule has 1 N–H and O–H groups in total. The number of nitrogens with one attached hydrogen (secondary N) is 1. The van der Waals surface area contributed by atoms with Crippen LogP contribution in [0.4, 0.5) is 0 Å². The van der Waals surface area contributed by atoms with Gasteiger partial charge in [0.25, 0.3) is 0 Å². The zero-order chi connectivity index (χ0) is 15.4.